The number of hydrogen-bond acceptors (Lipinski definition) is 4. The summed E-state index contributed by atoms with van der Waals surface area (Å²) in [5, 5.41) is 0. The van der Waals surface area contributed by atoms with Crippen molar-refractivity contribution in [2.75, 3.05) is 19.8 Å². The van der Waals surface area contributed by atoms with Gasteiger partial charge in [-0.05, 0) is 32.1 Å². The summed E-state index contributed by atoms with van der Waals surface area (Å²) in [4.78, 5) is 26.2. The molecule has 0 bridgehead atoms. The molecule has 1 unspecified atom stereocenters. The van der Waals surface area contributed by atoms with E-state index in [9.17, 15) is 9.59 Å². The minimum atomic E-state index is -0.468. The fourth-order valence-corrected chi connectivity index (χ4v) is 4.59. The normalized spacial score (nSPS) is 16.1. The number of rotatable bonds is 20. The fourth-order valence-electron chi connectivity index (χ4n) is 4.59. The highest BCUT2D eigenvalue weighted by Crippen LogP contribution is 2.20. The molecule has 0 aromatic carbocycles. The average Bonchev–Trinajstić information content (AvgIpc) is 2.84. The Labute approximate surface area is 204 Å². The standard InChI is InChI=1S/C28H53NO4/c1-3-5-6-7-8-9-10-11-12-13-14-15-16-17-18-21-25-32-27(30)26-22-19-20-23-29(26)28(31)33-24-4-2/h26H,3-25H2,1-2H3. The molecule has 1 saturated heterocycles. The topological polar surface area (TPSA) is 55.8 Å². The third-order valence-electron chi connectivity index (χ3n) is 6.68. The van der Waals surface area contributed by atoms with E-state index in [1.807, 2.05) is 6.92 Å². The first-order valence-electron chi connectivity index (χ1n) is 14.3. The molecule has 5 heteroatoms. The van der Waals surface area contributed by atoms with Crippen LogP contribution in [0.15, 0.2) is 0 Å². The van der Waals surface area contributed by atoms with Gasteiger partial charge in [-0.15, -0.1) is 0 Å². The quantitative estimate of drug-likeness (QED) is 0.134. The maximum absolute atomic E-state index is 12.5. The summed E-state index contributed by atoms with van der Waals surface area (Å²) in [6.07, 6.45) is 24.2. The zero-order valence-electron chi connectivity index (χ0n) is 21.9. The van der Waals surface area contributed by atoms with Crippen LogP contribution in [0, 0.1) is 0 Å². The molecule has 1 fully saturated rings. The molecule has 1 heterocycles. The van der Waals surface area contributed by atoms with Gasteiger partial charge in [-0.1, -0.05) is 110 Å². The number of unbranched alkanes of at least 4 members (excludes halogenated alkanes) is 15. The van der Waals surface area contributed by atoms with Gasteiger partial charge in [-0.25, -0.2) is 9.59 Å². The van der Waals surface area contributed by atoms with E-state index in [1.54, 1.807) is 4.90 Å². The number of nitrogens with zero attached hydrogens (tertiary/aromatic N) is 1. The second-order valence-corrected chi connectivity index (χ2v) is 9.79. The van der Waals surface area contributed by atoms with Crippen LogP contribution in [0.5, 0.6) is 0 Å². The molecular weight excluding hydrogens is 414 g/mol. The zero-order chi connectivity index (χ0) is 24.0. The van der Waals surface area contributed by atoms with Gasteiger partial charge in [0.15, 0.2) is 0 Å². The molecule has 33 heavy (non-hydrogen) atoms. The Morgan fingerprint density at radius 3 is 1.67 bits per heavy atom. The third kappa shape index (κ3) is 15.3. The third-order valence-corrected chi connectivity index (χ3v) is 6.68. The van der Waals surface area contributed by atoms with E-state index in [0.29, 0.717) is 26.2 Å². The van der Waals surface area contributed by atoms with Crippen LogP contribution in [0.1, 0.15) is 142 Å². The minimum absolute atomic E-state index is 0.260. The molecule has 1 atom stereocenters. The lowest BCUT2D eigenvalue weighted by Gasteiger charge is -2.33. The number of carbonyl (C=O) groups is 2. The van der Waals surface area contributed by atoms with Crippen LogP contribution in [-0.2, 0) is 14.3 Å². The summed E-state index contributed by atoms with van der Waals surface area (Å²) in [6.45, 7) is 5.69. The monoisotopic (exact) mass is 467 g/mol. The number of esters is 1. The van der Waals surface area contributed by atoms with E-state index >= 15 is 0 Å². The van der Waals surface area contributed by atoms with Gasteiger partial charge in [0, 0.05) is 6.54 Å². The summed E-state index contributed by atoms with van der Waals surface area (Å²) in [5.74, 6) is -0.260. The van der Waals surface area contributed by atoms with Crippen LogP contribution in [0.4, 0.5) is 4.79 Å². The summed E-state index contributed by atoms with van der Waals surface area (Å²) in [6, 6.07) is -0.468. The van der Waals surface area contributed by atoms with E-state index in [0.717, 1.165) is 32.1 Å². The number of piperidine rings is 1. The van der Waals surface area contributed by atoms with Crippen molar-refractivity contribution in [3.05, 3.63) is 0 Å². The van der Waals surface area contributed by atoms with Crippen molar-refractivity contribution >= 4 is 12.1 Å². The van der Waals surface area contributed by atoms with Gasteiger partial charge < -0.3 is 9.47 Å². The SMILES string of the molecule is CCCCCCCCCCCCCCCCCCOC(=O)C1CCCCN1C(=O)OCCC. The van der Waals surface area contributed by atoms with Crippen molar-refractivity contribution in [1.29, 1.82) is 0 Å². The molecule has 0 aromatic heterocycles. The fraction of sp³-hybridized carbons (Fsp3) is 0.929. The maximum Gasteiger partial charge on any atom is 0.410 e. The molecule has 0 aromatic rings. The van der Waals surface area contributed by atoms with Crippen molar-refractivity contribution in [1.82, 2.24) is 4.90 Å². The van der Waals surface area contributed by atoms with E-state index < -0.39 is 6.04 Å². The first-order valence-corrected chi connectivity index (χ1v) is 14.3. The Morgan fingerprint density at radius 1 is 0.636 bits per heavy atom. The van der Waals surface area contributed by atoms with Crippen LogP contribution in [0.3, 0.4) is 0 Å². The number of amides is 1. The molecule has 5 nitrogen and oxygen atoms in total. The lowest BCUT2D eigenvalue weighted by Crippen LogP contribution is -2.49. The largest absolute Gasteiger partial charge is 0.464 e. The number of ether oxygens (including phenoxy) is 2. The van der Waals surface area contributed by atoms with Crippen molar-refractivity contribution in [3.8, 4) is 0 Å². The highest BCUT2D eigenvalue weighted by molar-refractivity contribution is 5.81. The van der Waals surface area contributed by atoms with E-state index in [-0.39, 0.29) is 12.1 Å². The lowest BCUT2D eigenvalue weighted by atomic mass is 10.0. The summed E-state index contributed by atoms with van der Waals surface area (Å²) < 4.78 is 10.7. The Balaban J connectivity index is 1.93. The van der Waals surface area contributed by atoms with Gasteiger partial charge in [0.25, 0.3) is 0 Å². The lowest BCUT2D eigenvalue weighted by molar-refractivity contribution is -0.150. The maximum atomic E-state index is 12.5. The summed E-state index contributed by atoms with van der Waals surface area (Å²) in [7, 11) is 0. The predicted molar refractivity (Wildman–Crippen MR) is 136 cm³/mol. The predicted octanol–water partition coefficient (Wildman–Crippen LogP) is 8.19. The molecule has 1 rings (SSSR count). The van der Waals surface area contributed by atoms with Crippen molar-refractivity contribution in [2.24, 2.45) is 0 Å². The number of hydrogen-bond donors (Lipinski definition) is 0. The second kappa shape index (κ2) is 21.3. The Morgan fingerprint density at radius 2 is 1.15 bits per heavy atom. The first-order chi connectivity index (χ1) is 16.2. The van der Waals surface area contributed by atoms with Crippen molar-refractivity contribution in [3.63, 3.8) is 0 Å². The first kappa shape index (κ1) is 29.8. The van der Waals surface area contributed by atoms with Gasteiger partial charge in [0.1, 0.15) is 6.04 Å². The number of carbonyl (C=O) groups excluding carboxylic acids is 2. The molecule has 0 spiro atoms. The zero-order valence-corrected chi connectivity index (χ0v) is 21.9. The summed E-state index contributed by atoms with van der Waals surface area (Å²) >= 11 is 0. The molecule has 1 amide bonds. The van der Waals surface area contributed by atoms with Gasteiger partial charge in [0.05, 0.1) is 13.2 Å². The van der Waals surface area contributed by atoms with Crippen molar-refractivity contribution in [2.45, 2.75) is 148 Å². The Hall–Kier alpha value is -1.26. The molecular formula is C28H53NO4. The van der Waals surface area contributed by atoms with Gasteiger partial charge in [0.2, 0.25) is 0 Å². The minimum Gasteiger partial charge on any atom is -0.464 e. The smallest absolute Gasteiger partial charge is 0.410 e. The van der Waals surface area contributed by atoms with Gasteiger partial charge >= 0.3 is 12.1 Å². The molecule has 0 saturated carbocycles. The highest BCUT2D eigenvalue weighted by atomic mass is 16.6. The second-order valence-electron chi connectivity index (χ2n) is 9.79. The van der Waals surface area contributed by atoms with Gasteiger partial charge in [-0.3, -0.25) is 4.90 Å². The molecule has 0 aliphatic carbocycles. The Bertz CT molecular complexity index is 483. The number of likely N-dealkylation sites (tertiary alicyclic amines) is 1. The molecule has 1 aliphatic rings. The van der Waals surface area contributed by atoms with Crippen LogP contribution in [0.25, 0.3) is 0 Å². The molecule has 0 radical (unpaired) electrons. The van der Waals surface area contributed by atoms with Crippen LogP contribution < -0.4 is 0 Å². The van der Waals surface area contributed by atoms with Crippen LogP contribution in [-0.4, -0.2) is 42.8 Å². The van der Waals surface area contributed by atoms with Gasteiger partial charge in [-0.2, -0.15) is 0 Å². The van der Waals surface area contributed by atoms with E-state index in [1.165, 1.54) is 89.9 Å². The Kier molecular flexibility index (Phi) is 19.2. The van der Waals surface area contributed by atoms with E-state index in [2.05, 4.69) is 6.92 Å². The van der Waals surface area contributed by atoms with Crippen LogP contribution in [0.2, 0.25) is 0 Å². The molecule has 194 valence electrons. The summed E-state index contributed by atoms with van der Waals surface area (Å²) in [5.41, 5.74) is 0. The average molecular weight is 468 g/mol. The van der Waals surface area contributed by atoms with E-state index in [4.69, 9.17) is 9.47 Å². The molecule has 1 aliphatic heterocycles. The molecule has 0 N–H and O–H groups in total. The highest BCUT2D eigenvalue weighted by Gasteiger charge is 2.34. The van der Waals surface area contributed by atoms with Crippen LogP contribution >= 0.6 is 0 Å². The van der Waals surface area contributed by atoms with Crippen molar-refractivity contribution < 1.29 is 19.1 Å².